The van der Waals surface area contributed by atoms with Crippen molar-refractivity contribution < 1.29 is 19.0 Å². The molecule has 8 heteroatoms. The Kier molecular flexibility index (Phi) is 8.48. The highest BCUT2D eigenvalue weighted by molar-refractivity contribution is 7.10. The zero-order chi connectivity index (χ0) is 20.3. The van der Waals surface area contributed by atoms with Gasteiger partial charge in [-0.2, -0.15) is 5.10 Å². The molecular weight excluding hydrogens is 390 g/mol. The molecule has 1 aliphatic heterocycles. The van der Waals surface area contributed by atoms with Crippen LogP contribution in [0.3, 0.4) is 0 Å². The lowest BCUT2D eigenvalue weighted by Crippen LogP contribution is -2.38. The van der Waals surface area contributed by atoms with E-state index in [-0.39, 0.29) is 5.91 Å². The fourth-order valence-electron chi connectivity index (χ4n) is 2.89. The Labute approximate surface area is 175 Å². The van der Waals surface area contributed by atoms with Crippen molar-refractivity contribution in [1.29, 1.82) is 0 Å². The van der Waals surface area contributed by atoms with Gasteiger partial charge in [0.05, 0.1) is 32.5 Å². The molecule has 3 rings (SSSR count). The van der Waals surface area contributed by atoms with E-state index >= 15 is 0 Å². The van der Waals surface area contributed by atoms with Gasteiger partial charge in [-0.05, 0) is 42.1 Å². The van der Waals surface area contributed by atoms with E-state index in [4.69, 9.17) is 14.2 Å². The summed E-state index contributed by atoms with van der Waals surface area (Å²) < 4.78 is 17.0. The fourth-order valence-corrected chi connectivity index (χ4v) is 3.60. The quantitative estimate of drug-likeness (QED) is 0.475. The third-order valence-electron chi connectivity index (χ3n) is 4.35. The van der Waals surface area contributed by atoms with Gasteiger partial charge in [-0.25, -0.2) is 5.43 Å². The van der Waals surface area contributed by atoms with Crippen LogP contribution in [0.25, 0.3) is 0 Å². The van der Waals surface area contributed by atoms with Crippen molar-refractivity contribution in [2.24, 2.45) is 5.10 Å². The molecule has 0 unspecified atom stereocenters. The molecule has 2 heterocycles. The fraction of sp³-hybridized carbons (Fsp3) is 0.429. The topological polar surface area (TPSA) is 72.4 Å². The number of nitrogens with one attached hydrogen (secondary N) is 1. The van der Waals surface area contributed by atoms with E-state index in [1.807, 2.05) is 42.6 Å². The van der Waals surface area contributed by atoms with Gasteiger partial charge in [0, 0.05) is 24.5 Å². The number of hydrogen-bond donors (Lipinski definition) is 1. The lowest BCUT2D eigenvalue weighted by Gasteiger charge is -2.26. The Morgan fingerprint density at radius 2 is 2.14 bits per heavy atom. The smallest absolute Gasteiger partial charge is 0.245 e. The Morgan fingerprint density at radius 3 is 2.90 bits per heavy atom. The monoisotopic (exact) mass is 417 g/mol. The number of carbonyl (C=O) groups excluding carboxylic acids is 1. The van der Waals surface area contributed by atoms with Gasteiger partial charge in [0.1, 0.15) is 6.61 Å². The van der Waals surface area contributed by atoms with Crippen molar-refractivity contribution in [3.05, 3.63) is 46.2 Å². The maximum Gasteiger partial charge on any atom is 0.245 e. The number of amides is 1. The molecule has 1 aromatic carbocycles. The van der Waals surface area contributed by atoms with Crippen molar-refractivity contribution in [3.8, 4) is 11.5 Å². The molecular formula is C21H27N3O4S. The molecule has 0 saturated carbocycles. The van der Waals surface area contributed by atoms with Crippen molar-refractivity contribution in [3.63, 3.8) is 0 Å². The highest BCUT2D eigenvalue weighted by atomic mass is 32.1. The minimum absolute atomic E-state index is 0.142. The van der Waals surface area contributed by atoms with Gasteiger partial charge in [-0.1, -0.05) is 6.07 Å². The molecule has 1 fully saturated rings. The first-order valence-electron chi connectivity index (χ1n) is 9.78. The summed E-state index contributed by atoms with van der Waals surface area (Å²) in [6.45, 7) is 7.36. The second-order valence-corrected chi connectivity index (χ2v) is 7.52. The first kappa shape index (κ1) is 21.3. The second kappa shape index (κ2) is 11.5. The van der Waals surface area contributed by atoms with Crippen LogP contribution in [0.1, 0.15) is 17.4 Å². The number of carbonyl (C=O) groups is 1. The zero-order valence-corrected chi connectivity index (χ0v) is 17.5. The SMILES string of the molecule is CCOc1cc(/C=N\NC(=O)Cc2cccs2)ccc1OCCN1CCOCC1. The Balaban J connectivity index is 1.51. The van der Waals surface area contributed by atoms with Crippen LogP contribution in [0.15, 0.2) is 40.8 Å². The normalized spacial score (nSPS) is 14.8. The summed E-state index contributed by atoms with van der Waals surface area (Å²) in [6, 6.07) is 9.49. The van der Waals surface area contributed by atoms with Gasteiger partial charge in [0.15, 0.2) is 11.5 Å². The van der Waals surface area contributed by atoms with Crippen molar-refractivity contribution in [2.45, 2.75) is 13.3 Å². The van der Waals surface area contributed by atoms with E-state index in [1.165, 1.54) is 0 Å². The molecule has 1 saturated heterocycles. The van der Waals surface area contributed by atoms with Crippen LogP contribution in [0.4, 0.5) is 0 Å². The molecule has 0 radical (unpaired) electrons. The largest absolute Gasteiger partial charge is 0.490 e. The van der Waals surface area contributed by atoms with Crippen LogP contribution < -0.4 is 14.9 Å². The van der Waals surface area contributed by atoms with E-state index < -0.39 is 0 Å². The van der Waals surface area contributed by atoms with Gasteiger partial charge in [-0.3, -0.25) is 9.69 Å². The summed E-state index contributed by atoms with van der Waals surface area (Å²) in [4.78, 5) is 15.2. The summed E-state index contributed by atoms with van der Waals surface area (Å²) >= 11 is 1.55. The number of rotatable bonds is 10. The Morgan fingerprint density at radius 1 is 1.28 bits per heavy atom. The number of benzene rings is 1. The van der Waals surface area contributed by atoms with Crippen LogP contribution in [0.2, 0.25) is 0 Å². The number of hydrazone groups is 1. The van der Waals surface area contributed by atoms with Crippen LogP contribution in [0, 0.1) is 0 Å². The summed E-state index contributed by atoms with van der Waals surface area (Å²) in [5.41, 5.74) is 3.38. The molecule has 1 amide bonds. The Hall–Kier alpha value is -2.42. The predicted octanol–water partition coefficient (Wildman–Crippen LogP) is 2.55. The molecule has 0 aliphatic carbocycles. The van der Waals surface area contributed by atoms with Crippen LogP contribution in [-0.2, 0) is 16.0 Å². The summed E-state index contributed by atoms with van der Waals surface area (Å²) in [5.74, 6) is 1.24. The number of thiophene rings is 1. The molecule has 0 bridgehead atoms. The minimum atomic E-state index is -0.142. The second-order valence-electron chi connectivity index (χ2n) is 6.49. The van der Waals surface area contributed by atoms with E-state index in [0.29, 0.717) is 31.1 Å². The Bertz CT molecular complexity index is 789. The van der Waals surface area contributed by atoms with Gasteiger partial charge in [0.25, 0.3) is 0 Å². The molecule has 0 atom stereocenters. The van der Waals surface area contributed by atoms with Crippen molar-refractivity contribution >= 4 is 23.5 Å². The van der Waals surface area contributed by atoms with E-state index in [1.54, 1.807) is 17.6 Å². The standard InChI is InChI=1S/C21H27N3O4S/c1-2-27-20-14-17(16-22-23-21(25)15-18-4-3-13-29-18)5-6-19(20)28-12-9-24-7-10-26-11-8-24/h3-6,13-14,16H,2,7-12,15H2,1H3,(H,23,25)/b22-16-. The predicted molar refractivity (Wildman–Crippen MR) is 114 cm³/mol. The van der Waals surface area contributed by atoms with E-state index in [9.17, 15) is 4.79 Å². The average molecular weight is 418 g/mol. The average Bonchev–Trinajstić information content (AvgIpc) is 3.23. The lowest BCUT2D eigenvalue weighted by atomic mass is 10.2. The highest BCUT2D eigenvalue weighted by Crippen LogP contribution is 2.28. The van der Waals surface area contributed by atoms with Crippen LogP contribution >= 0.6 is 11.3 Å². The zero-order valence-electron chi connectivity index (χ0n) is 16.6. The van der Waals surface area contributed by atoms with Gasteiger partial charge in [0.2, 0.25) is 5.91 Å². The lowest BCUT2D eigenvalue weighted by molar-refractivity contribution is -0.120. The van der Waals surface area contributed by atoms with E-state index in [0.717, 1.165) is 43.3 Å². The van der Waals surface area contributed by atoms with Crippen molar-refractivity contribution in [1.82, 2.24) is 10.3 Å². The molecule has 1 aliphatic rings. The molecule has 2 aromatic rings. The summed E-state index contributed by atoms with van der Waals surface area (Å²) in [7, 11) is 0. The first-order valence-corrected chi connectivity index (χ1v) is 10.7. The maximum absolute atomic E-state index is 11.9. The molecule has 29 heavy (non-hydrogen) atoms. The van der Waals surface area contributed by atoms with Crippen LogP contribution in [0.5, 0.6) is 11.5 Å². The summed E-state index contributed by atoms with van der Waals surface area (Å²) in [6.07, 6.45) is 1.93. The molecule has 0 spiro atoms. The molecule has 156 valence electrons. The number of nitrogens with zero attached hydrogens (tertiary/aromatic N) is 2. The van der Waals surface area contributed by atoms with Crippen molar-refractivity contribution in [2.75, 3.05) is 46.1 Å². The van der Waals surface area contributed by atoms with Crippen LogP contribution in [-0.4, -0.2) is 63.1 Å². The highest BCUT2D eigenvalue weighted by Gasteiger charge is 2.11. The van der Waals surface area contributed by atoms with Gasteiger partial charge >= 0.3 is 0 Å². The number of ether oxygens (including phenoxy) is 3. The molecule has 7 nitrogen and oxygen atoms in total. The van der Waals surface area contributed by atoms with E-state index in [2.05, 4.69) is 15.4 Å². The molecule has 1 aromatic heterocycles. The first-order chi connectivity index (χ1) is 14.2. The molecule has 1 N–H and O–H groups in total. The summed E-state index contributed by atoms with van der Waals surface area (Å²) in [5, 5.41) is 5.99. The third kappa shape index (κ3) is 7.16. The number of hydrogen-bond acceptors (Lipinski definition) is 7. The van der Waals surface area contributed by atoms with Gasteiger partial charge in [-0.15, -0.1) is 11.3 Å². The maximum atomic E-state index is 11.9. The number of morpholine rings is 1. The third-order valence-corrected chi connectivity index (χ3v) is 5.23. The van der Waals surface area contributed by atoms with Gasteiger partial charge < -0.3 is 14.2 Å². The minimum Gasteiger partial charge on any atom is -0.490 e.